The van der Waals surface area contributed by atoms with Crippen LogP contribution < -0.4 is 5.32 Å². The molecule has 1 aliphatic heterocycles. The minimum atomic E-state index is -0.344. The molecule has 6 heteroatoms. The second kappa shape index (κ2) is 6.09. The fourth-order valence-corrected chi connectivity index (χ4v) is 2.67. The Balaban J connectivity index is 1.71. The fraction of sp³-hybridized carbons (Fsp3) is 0.636. The van der Waals surface area contributed by atoms with Gasteiger partial charge in [0.05, 0.1) is 11.5 Å². The highest BCUT2D eigenvalue weighted by Crippen LogP contribution is 2.22. The van der Waals surface area contributed by atoms with Crippen molar-refractivity contribution >= 4 is 16.3 Å². The van der Waals surface area contributed by atoms with Gasteiger partial charge >= 0.3 is 5.00 Å². The van der Waals surface area contributed by atoms with E-state index in [-0.39, 0.29) is 9.92 Å². The molecule has 0 radical (unpaired) electrons. The van der Waals surface area contributed by atoms with E-state index in [1.165, 1.54) is 17.8 Å². The lowest BCUT2D eigenvalue weighted by atomic mass is 10.0. The Morgan fingerprint density at radius 2 is 2.53 bits per heavy atom. The van der Waals surface area contributed by atoms with Gasteiger partial charge in [-0.3, -0.25) is 10.1 Å². The second-order valence-electron chi connectivity index (χ2n) is 4.26. The largest absolute Gasteiger partial charge is 0.381 e. The molecule has 1 aromatic heterocycles. The van der Waals surface area contributed by atoms with E-state index in [2.05, 4.69) is 5.32 Å². The Bertz CT molecular complexity index is 375. The first-order valence-corrected chi connectivity index (χ1v) is 6.64. The number of nitro groups is 1. The molecule has 0 saturated carbocycles. The highest BCUT2D eigenvalue weighted by atomic mass is 32.1. The van der Waals surface area contributed by atoms with E-state index in [4.69, 9.17) is 4.74 Å². The van der Waals surface area contributed by atoms with Crippen LogP contribution in [0.3, 0.4) is 0 Å². The predicted octanol–water partition coefficient (Wildman–Crippen LogP) is 2.17. The minimum absolute atomic E-state index is 0.211. The first-order valence-electron chi connectivity index (χ1n) is 5.76. The molecule has 1 saturated heterocycles. The minimum Gasteiger partial charge on any atom is -0.381 e. The molecule has 1 aromatic rings. The summed E-state index contributed by atoms with van der Waals surface area (Å²) in [5.41, 5.74) is 0.985. The van der Waals surface area contributed by atoms with E-state index in [1.807, 2.05) is 5.38 Å². The molecule has 1 aliphatic rings. The van der Waals surface area contributed by atoms with Gasteiger partial charge in [0.15, 0.2) is 0 Å². The molecule has 17 heavy (non-hydrogen) atoms. The summed E-state index contributed by atoms with van der Waals surface area (Å²) in [7, 11) is 0. The molecule has 2 heterocycles. The van der Waals surface area contributed by atoms with Crippen LogP contribution in [0.5, 0.6) is 0 Å². The molecule has 1 fully saturated rings. The molecule has 1 N–H and O–H groups in total. The molecule has 0 spiro atoms. The molecule has 1 atom stereocenters. The number of hydrogen-bond donors (Lipinski definition) is 1. The van der Waals surface area contributed by atoms with Crippen LogP contribution >= 0.6 is 11.3 Å². The highest BCUT2D eigenvalue weighted by Gasteiger charge is 2.14. The molecule has 94 valence electrons. The van der Waals surface area contributed by atoms with Crippen LogP contribution in [0.25, 0.3) is 0 Å². The second-order valence-corrected chi connectivity index (χ2v) is 5.15. The third kappa shape index (κ3) is 3.76. The van der Waals surface area contributed by atoms with Gasteiger partial charge in [0, 0.05) is 31.1 Å². The average Bonchev–Trinajstić information content (AvgIpc) is 2.79. The monoisotopic (exact) mass is 256 g/mol. The summed E-state index contributed by atoms with van der Waals surface area (Å²) >= 11 is 1.18. The van der Waals surface area contributed by atoms with Gasteiger partial charge in [0.1, 0.15) is 0 Å². The Kier molecular flexibility index (Phi) is 4.47. The van der Waals surface area contributed by atoms with E-state index in [1.54, 1.807) is 6.07 Å². The van der Waals surface area contributed by atoms with E-state index in [0.29, 0.717) is 12.5 Å². The lowest BCUT2D eigenvalue weighted by molar-refractivity contribution is -0.380. The first-order chi connectivity index (χ1) is 8.25. The van der Waals surface area contributed by atoms with Gasteiger partial charge in [-0.05, 0) is 24.3 Å². The smallest absolute Gasteiger partial charge is 0.324 e. The molecule has 0 bridgehead atoms. The van der Waals surface area contributed by atoms with Crippen molar-refractivity contribution in [2.75, 3.05) is 19.8 Å². The molecule has 1 unspecified atom stereocenters. The maximum Gasteiger partial charge on any atom is 0.324 e. The molecular formula is C11H16N2O3S. The molecule has 2 rings (SSSR count). The van der Waals surface area contributed by atoms with Crippen molar-refractivity contribution in [2.24, 2.45) is 5.92 Å². The van der Waals surface area contributed by atoms with Gasteiger partial charge in [0.25, 0.3) is 0 Å². The van der Waals surface area contributed by atoms with E-state index >= 15 is 0 Å². The summed E-state index contributed by atoms with van der Waals surface area (Å²) in [5, 5.41) is 15.9. The van der Waals surface area contributed by atoms with Crippen molar-refractivity contribution in [1.82, 2.24) is 5.32 Å². The summed E-state index contributed by atoms with van der Waals surface area (Å²) in [6, 6.07) is 1.63. The lowest BCUT2D eigenvalue weighted by Crippen LogP contribution is -2.28. The van der Waals surface area contributed by atoms with E-state index in [0.717, 1.165) is 31.7 Å². The van der Waals surface area contributed by atoms with Crippen molar-refractivity contribution in [3.63, 3.8) is 0 Å². The number of rotatable bonds is 5. The van der Waals surface area contributed by atoms with Gasteiger partial charge in [-0.2, -0.15) is 0 Å². The predicted molar refractivity (Wildman–Crippen MR) is 66.2 cm³/mol. The Morgan fingerprint density at radius 3 is 3.18 bits per heavy atom. The molecule has 0 aromatic carbocycles. The lowest BCUT2D eigenvalue weighted by Gasteiger charge is -2.22. The van der Waals surface area contributed by atoms with Crippen LogP contribution in [0.1, 0.15) is 18.4 Å². The quantitative estimate of drug-likeness (QED) is 0.647. The molecule has 0 amide bonds. The Morgan fingerprint density at radius 1 is 1.65 bits per heavy atom. The number of thiophene rings is 1. The Hall–Kier alpha value is -0.980. The van der Waals surface area contributed by atoms with E-state index in [9.17, 15) is 10.1 Å². The normalized spacial score (nSPS) is 20.4. The van der Waals surface area contributed by atoms with Gasteiger partial charge in [0.2, 0.25) is 0 Å². The zero-order chi connectivity index (χ0) is 12.1. The number of hydrogen-bond acceptors (Lipinski definition) is 5. The van der Waals surface area contributed by atoms with Crippen LogP contribution in [-0.2, 0) is 11.3 Å². The van der Waals surface area contributed by atoms with Gasteiger partial charge in [-0.25, -0.2) is 0 Å². The summed E-state index contributed by atoms with van der Waals surface area (Å²) in [6.45, 7) is 3.33. The van der Waals surface area contributed by atoms with Crippen LogP contribution in [0.4, 0.5) is 5.00 Å². The third-order valence-electron chi connectivity index (χ3n) is 2.84. The van der Waals surface area contributed by atoms with E-state index < -0.39 is 0 Å². The van der Waals surface area contributed by atoms with Crippen LogP contribution in [-0.4, -0.2) is 24.7 Å². The fourth-order valence-electron chi connectivity index (χ4n) is 1.94. The molecule has 0 aliphatic carbocycles. The number of nitrogens with zero attached hydrogens (tertiary/aromatic N) is 1. The first kappa shape index (κ1) is 12.5. The summed E-state index contributed by atoms with van der Waals surface area (Å²) in [6.07, 6.45) is 2.34. The van der Waals surface area contributed by atoms with Crippen molar-refractivity contribution in [1.29, 1.82) is 0 Å². The average molecular weight is 256 g/mol. The maximum absolute atomic E-state index is 10.5. The Labute approximate surface area is 104 Å². The van der Waals surface area contributed by atoms with Crippen molar-refractivity contribution in [3.8, 4) is 0 Å². The standard InChI is InChI=1S/C11H16N2O3S/c14-13(15)11-4-10(8-17-11)6-12-5-9-2-1-3-16-7-9/h4,8-9,12H,1-3,5-7H2. The van der Waals surface area contributed by atoms with Crippen LogP contribution in [0.15, 0.2) is 11.4 Å². The topological polar surface area (TPSA) is 64.4 Å². The maximum atomic E-state index is 10.5. The molecular weight excluding hydrogens is 240 g/mol. The molecule has 5 nitrogen and oxygen atoms in total. The van der Waals surface area contributed by atoms with Gasteiger partial charge in [-0.15, -0.1) is 0 Å². The zero-order valence-corrected chi connectivity index (χ0v) is 10.4. The van der Waals surface area contributed by atoms with Crippen molar-refractivity contribution < 1.29 is 9.66 Å². The van der Waals surface area contributed by atoms with Crippen LogP contribution in [0.2, 0.25) is 0 Å². The third-order valence-corrected chi connectivity index (χ3v) is 3.77. The number of nitrogens with one attached hydrogen (secondary N) is 1. The zero-order valence-electron chi connectivity index (χ0n) is 9.55. The SMILES string of the molecule is O=[N+]([O-])c1cc(CNCC2CCCOC2)cs1. The van der Waals surface area contributed by atoms with Crippen LogP contribution in [0, 0.1) is 16.0 Å². The van der Waals surface area contributed by atoms with Crippen molar-refractivity contribution in [2.45, 2.75) is 19.4 Å². The van der Waals surface area contributed by atoms with Gasteiger partial charge in [-0.1, -0.05) is 11.3 Å². The summed E-state index contributed by atoms with van der Waals surface area (Å²) < 4.78 is 5.39. The summed E-state index contributed by atoms with van der Waals surface area (Å²) in [4.78, 5) is 10.2. The van der Waals surface area contributed by atoms with Crippen molar-refractivity contribution in [3.05, 3.63) is 27.1 Å². The highest BCUT2D eigenvalue weighted by molar-refractivity contribution is 7.13. The summed E-state index contributed by atoms with van der Waals surface area (Å²) in [5.74, 6) is 0.581. The van der Waals surface area contributed by atoms with Gasteiger partial charge < -0.3 is 10.1 Å². The number of ether oxygens (including phenoxy) is 1.